The Morgan fingerprint density at radius 1 is 1.50 bits per heavy atom. The van der Waals surface area contributed by atoms with Gasteiger partial charge in [0.2, 0.25) is 5.91 Å². The molecule has 1 rings (SSSR count). The van der Waals surface area contributed by atoms with Crippen LogP contribution in [-0.4, -0.2) is 36.9 Å². The molecular weight excluding hydrogens is 232 g/mol. The Morgan fingerprint density at radius 3 is 2.72 bits per heavy atom. The molecule has 0 unspecified atom stereocenters. The lowest BCUT2D eigenvalue weighted by atomic mass is 10.2. The van der Waals surface area contributed by atoms with Crippen LogP contribution in [0, 0.1) is 0 Å². The second kappa shape index (κ2) is 6.64. The zero-order valence-electron chi connectivity index (χ0n) is 10.6. The summed E-state index contributed by atoms with van der Waals surface area (Å²) in [5.74, 6) is -0.0920. The predicted molar refractivity (Wildman–Crippen MR) is 70.1 cm³/mol. The first-order valence-electron chi connectivity index (χ1n) is 5.86. The second-order valence-electron chi connectivity index (χ2n) is 3.92. The Balaban J connectivity index is 2.72. The third-order valence-electron chi connectivity index (χ3n) is 2.64. The minimum absolute atomic E-state index is 0.0273. The fraction of sp³-hybridized carbons (Fsp3) is 0.385. The number of nitrogens with one attached hydrogen (secondary N) is 1. The number of hydrogen-bond acceptors (Lipinski definition) is 4. The molecule has 0 aliphatic heterocycles. The third-order valence-corrected chi connectivity index (χ3v) is 2.64. The smallest absolute Gasteiger partial charge is 0.216 e. The highest BCUT2D eigenvalue weighted by Gasteiger charge is 2.07. The highest BCUT2D eigenvalue weighted by Crippen LogP contribution is 2.23. The molecule has 2 N–H and O–H groups in total. The third kappa shape index (κ3) is 3.76. The van der Waals surface area contributed by atoms with Crippen molar-refractivity contribution in [3.05, 3.63) is 23.8 Å². The van der Waals surface area contributed by atoms with E-state index in [1.165, 1.54) is 6.92 Å². The number of hydrogen-bond donors (Lipinski definition) is 2. The Kier molecular flexibility index (Phi) is 5.17. The van der Waals surface area contributed by atoms with Crippen molar-refractivity contribution in [3.8, 4) is 5.75 Å². The summed E-state index contributed by atoms with van der Waals surface area (Å²) in [4.78, 5) is 23.4. The monoisotopic (exact) mass is 250 g/mol. The van der Waals surface area contributed by atoms with Crippen LogP contribution in [0.1, 0.15) is 24.2 Å². The Bertz CT molecular complexity index is 432. The number of aldehydes is 1. The second-order valence-corrected chi connectivity index (χ2v) is 3.92. The molecule has 0 spiro atoms. The molecule has 1 amide bonds. The van der Waals surface area contributed by atoms with Crippen LogP contribution in [0.25, 0.3) is 0 Å². The Morgan fingerprint density at radius 2 is 2.22 bits per heavy atom. The fourth-order valence-corrected chi connectivity index (χ4v) is 1.67. The number of likely N-dealkylation sites (N-methyl/N-ethyl adjacent to an activating group) is 1. The lowest BCUT2D eigenvalue weighted by Crippen LogP contribution is -2.33. The fourth-order valence-electron chi connectivity index (χ4n) is 1.67. The van der Waals surface area contributed by atoms with E-state index < -0.39 is 0 Å². The molecule has 0 radical (unpaired) electrons. The van der Waals surface area contributed by atoms with Crippen molar-refractivity contribution in [2.24, 2.45) is 0 Å². The topological polar surface area (TPSA) is 69.6 Å². The first kappa shape index (κ1) is 14.0. The first-order chi connectivity index (χ1) is 8.58. The van der Waals surface area contributed by atoms with Gasteiger partial charge in [-0.05, 0) is 19.1 Å². The van der Waals surface area contributed by atoms with E-state index >= 15 is 0 Å². The van der Waals surface area contributed by atoms with Crippen LogP contribution < -0.4 is 10.2 Å². The van der Waals surface area contributed by atoms with E-state index in [2.05, 4.69) is 5.32 Å². The van der Waals surface area contributed by atoms with Crippen molar-refractivity contribution in [3.63, 3.8) is 0 Å². The molecule has 0 aliphatic carbocycles. The number of phenols is 1. The van der Waals surface area contributed by atoms with Gasteiger partial charge >= 0.3 is 0 Å². The van der Waals surface area contributed by atoms with E-state index in [9.17, 15) is 14.7 Å². The minimum atomic E-state index is -0.0646. The Hall–Kier alpha value is -2.04. The van der Waals surface area contributed by atoms with Crippen LogP contribution in [0.3, 0.4) is 0 Å². The van der Waals surface area contributed by atoms with Crippen molar-refractivity contribution < 1.29 is 14.7 Å². The number of amides is 1. The molecule has 98 valence electrons. The molecule has 0 aromatic heterocycles. The van der Waals surface area contributed by atoms with Crippen molar-refractivity contribution in [1.82, 2.24) is 5.32 Å². The van der Waals surface area contributed by atoms with E-state index in [-0.39, 0.29) is 17.2 Å². The van der Waals surface area contributed by atoms with E-state index in [1.807, 2.05) is 11.8 Å². The summed E-state index contributed by atoms with van der Waals surface area (Å²) in [7, 11) is 0. The molecule has 0 saturated heterocycles. The molecule has 0 aliphatic rings. The van der Waals surface area contributed by atoms with Gasteiger partial charge in [0.15, 0.2) is 6.29 Å². The summed E-state index contributed by atoms with van der Waals surface area (Å²) in [6.07, 6.45) is 0.618. The van der Waals surface area contributed by atoms with Crippen LogP contribution in [-0.2, 0) is 4.79 Å². The van der Waals surface area contributed by atoms with Gasteiger partial charge in [-0.3, -0.25) is 9.59 Å². The molecule has 0 saturated carbocycles. The van der Waals surface area contributed by atoms with Crippen molar-refractivity contribution in [2.75, 3.05) is 24.5 Å². The maximum Gasteiger partial charge on any atom is 0.216 e. The number of aromatic hydroxyl groups is 1. The number of anilines is 1. The van der Waals surface area contributed by atoms with Crippen molar-refractivity contribution >= 4 is 17.9 Å². The van der Waals surface area contributed by atoms with Gasteiger partial charge in [0.05, 0.1) is 5.56 Å². The average molecular weight is 250 g/mol. The molecular formula is C13H18N2O3. The highest BCUT2D eigenvalue weighted by atomic mass is 16.3. The van der Waals surface area contributed by atoms with Gasteiger partial charge in [-0.1, -0.05) is 0 Å². The number of carbonyl (C=O) groups excluding carboxylic acids is 2. The van der Waals surface area contributed by atoms with E-state index in [0.717, 1.165) is 12.2 Å². The number of benzene rings is 1. The van der Waals surface area contributed by atoms with Crippen molar-refractivity contribution in [2.45, 2.75) is 13.8 Å². The standard InChI is InChI=1S/C13H18N2O3/c1-3-15(7-6-14-10(2)17)12-5-4-11(9-16)13(18)8-12/h4-5,8-9,18H,3,6-7H2,1-2H3,(H,14,17). The van der Waals surface area contributed by atoms with Gasteiger partial charge in [-0.15, -0.1) is 0 Å². The first-order valence-corrected chi connectivity index (χ1v) is 5.86. The van der Waals surface area contributed by atoms with Gasteiger partial charge in [0, 0.05) is 38.3 Å². The predicted octanol–water partition coefficient (Wildman–Crippen LogP) is 1.17. The van der Waals surface area contributed by atoms with Crippen LogP contribution in [0.2, 0.25) is 0 Å². The van der Waals surface area contributed by atoms with Crippen LogP contribution in [0.4, 0.5) is 5.69 Å². The largest absolute Gasteiger partial charge is 0.507 e. The van der Waals surface area contributed by atoms with Crippen LogP contribution in [0.5, 0.6) is 5.75 Å². The quantitative estimate of drug-likeness (QED) is 0.743. The van der Waals surface area contributed by atoms with E-state index in [4.69, 9.17) is 0 Å². The molecule has 1 aromatic carbocycles. The number of carbonyl (C=O) groups is 2. The zero-order chi connectivity index (χ0) is 13.5. The van der Waals surface area contributed by atoms with Crippen LogP contribution in [0.15, 0.2) is 18.2 Å². The van der Waals surface area contributed by atoms with Gasteiger partial charge in [0.1, 0.15) is 5.75 Å². The molecule has 0 fully saturated rings. The SMILES string of the molecule is CCN(CCNC(C)=O)c1ccc(C=O)c(O)c1. The van der Waals surface area contributed by atoms with Gasteiger partial charge in [0.25, 0.3) is 0 Å². The maximum atomic E-state index is 10.8. The zero-order valence-corrected chi connectivity index (χ0v) is 10.6. The lowest BCUT2D eigenvalue weighted by Gasteiger charge is -2.23. The van der Waals surface area contributed by atoms with Gasteiger partial charge < -0.3 is 15.3 Å². The minimum Gasteiger partial charge on any atom is -0.507 e. The van der Waals surface area contributed by atoms with E-state index in [0.29, 0.717) is 19.4 Å². The Labute approximate surface area is 106 Å². The maximum absolute atomic E-state index is 10.8. The average Bonchev–Trinajstić information content (AvgIpc) is 2.34. The van der Waals surface area contributed by atoms with E-state index in [1.54, 1.807) is 18.2 Å². The summed E-state index contributed by atoms with van der Waals surface area (Å²) in [5, 5.41) is 12.3. The van der Waals surface area contributed by atoms with Crippen LogP contribution >= 0.6 is 0 Å². The summed E-state index contributed by atoms with van der Waals surface area (Å²) in [6.45, 7) is 5.40. The highest BCUT2D eigenvalue weighted by molar-refractivity contribution is 5.80. The number of rotatable bonds is 6. The van der Waals surface area contributed by atoms with Crippen molar-refractivity contribution in [1.29, 1.82) is 0 Å². The number of nitrogens with zero attached hydrogens (tertiary/aromatic N) is 1. The molecule has 5 heteroatoms. The number of phenolic OH excluding ortho intramolecular Hbond substituents is 1. The molecule has 0 bridgehead atoms. The molecule has 0 heterocycles. The molecule has 0 atom stereocenters. The molecule has 5 nitrogen and oxygen atoms in total. The van der Waals surface area contributed by atoms with Gasteiger partial charge in [-0.25, -0.2) is 0 Å². The summed E-state index contributed by atoms with van der Waals surface area (Å²) in [6, 6.07) is 4.92. The van der Waals surface area contributed by atoms with Gasteiger partial charge in [-0.2, -0.15) is 0 Å². The normalized spacial score (nSPS) is 9.89. The summed E-state index contributed by atoms with van der Waals surface area (Å²) in [5.41, 5.74) is 1.10. The molecule has 1 aromatic rings. The summed E-state index contributed by atoms with van der Waals surface area (Å²) < 4.78 is 0. The molecule has 18 heavy (non-hydrogen) atoms. The lowest BCUT2D eigenvalue weighted by molar-refractivity contribution is -0.118. The summed E-state index contributed by atoms with van der Waals surface area (Å²) >= 11 is 0.